The van der Waals surface area contributed by atoms with Gasteiger partial charge in [0.1, 0.15) is 69.0 Å². The summed E-state index contributed by atoms with van der Waals surface area (Å²) in [7, 11) is 2.77. The summed E-state index contributed by atoms with van der Waals surface area (Å²) in [5.74, 6) is -3.40. The molecule has 79 heavy (non-hydrogen) atoms. The highest BCUT2D eigenvalue weighted by Crippen LogP contribution is 2.48. The van der Waals surface area contributed by atoms with Crippen LogP contribution in [0.25, 0.3) is 44.6 Å². The monoisotopic (exact) mass is 1080 g/mol. The molecular formula is C62H66O17. The van der Waals surface area contributed by atoms with E-state index in [2.05, 4.69) is 39.5 Å². The van der Waals surface area contributed by atoms with Gasteiger partial charge in [0, 0.05) is 82.3 Å². The van der Waals surface area contributed by atoms with Crippen LogP contribution in [-0.2, 0) is 48.1 Å². The molecule has 1 fully saturated rings. The third kappa shape index (κ3) is 11.6. The zero-order chi connectivity index (χ0) is 58.2. The van der Waals surface area contributed by atoms with E-state index in [1.807, 2.05) is 0 Å². The number of aromatic hydroxyl groups is 4. The number of phenols is 4. The van der Waals surface area contributed by atoms with Crippen molar-refractivity contribution in [3.8, 4) is 68.6 Å². The van der Waals surface area contributed by atoms with Crippen molar-refractivity contribution in [3.63, 3.8) is 0 Å². The minimum Gasteiger partial charge on any atom is -0.507 e. The van der Waals surface area contributed by atoms with E-state index in [-0.39, 0.29) is 129 Å². The molecule has 17 heteroatoms. The van der Waals surface area contributed by atoms with Crippen molar-refractivity contribution in [2.24, 2.45) is 0 Å². The molecule has 1 aliphatic rings. The predicted octanol–water partition coefficient (Wildman–Crippen LogP) is 9.58. The molecule has 3 heterocycles. The van der Waals surface area contributed by atoms with Crippen molar-refractivity contribution in [2.45, 2.75) is 111 Å². The maximum atomic E-state index is 14.8. The number of hydrogen-bond acceptors (Lipinski definition) is 17. The first-order valence-corrected chi connectivity index (χ1v) is 25.1. The first-order valence-electron chi connectivity index (χ1n) is 25.1. The van der Waals surface area contributed by atoms with E-state index in [1.165, 1.54) is 26.4 Å². The molecule has 5 atom stereocenters. The van der Waals surface area contributed by atoms with E-state index in [9.17, 15) is 50.1 Å². The zero-order valence-electron chi connectivity index (χ0n) is 45.5. The van der Waals surface area contributed by atoms with Gasteiger partial charge in [-0.15, -0.1) is 0 Å². The highest BCUT2D eigenvalue weighted by molar-refractivity contribution is 5.95. The third-order valence-corrected chi connectivity index (χ3v) is 13.2. The highest BCUT2D eigenvalue weighted by atomic mass is 16.7. The Hall–Kier alpha value is -8.35. The molecule has 7 N–H and O–H groups in total. The normalized spacial score (nSPS) is 17.1. The number of rotatable bonds is 20. The van der Waals surface area contributed by atoms with Gasteiger partial charge in [-0.05, 0) is 78.6 Å². The largest absolute Gasteiger partial charge is 0.507 e. The van der Waals surface area contributed by atoms with Crippen molar-refractivity contribution in [3.05, 3.63) is 163 Å². The average Bonchev–Trinajstić information content (AvgIpc) is 3.49. The number of allylic oxidation sites excluding steroid dienone is 6. The summed E-state index contributed by atoms with van der Waals surface area (Å²) in [5.41, 5.74) is 2.76. The third-order valence-electron chi connectivity index (χ3n) is 13.2. The van der Waals surface area contributed by atoms with Gasteiger partial charge >= 0.3 is 5.97 Å². The zero-order valence-corrected chi connectivity index (χ0v) is 45.5. The maximum Gasteiger partial charge on any atom is 0.343 e. The Bertz CT molecular complexity index is 3670. The van der Waals surface area contributed by atoms with Gasteiger partial charge in [-0.1, -0.05) is 72.9 Å². The van der Waals surface area contributed by atoms with Gasteiger partial charge in [0.05, 0.1) is 14.2 Å². The van der Waals surface area contributed by atoms with E-state index in [4.69, 9.17) is 32.5 Å². The van der Waals surface area contributed by atoms with Crippen LogP contribution < -0.4 is 29.8 Å². The number of aliphatic hydroxyl groups is 3. The number of ether oxygens (including phenoxy) is 5. The molecule has 0 aliphatic carbocycles. The summed E-state index contributed by atoms with van der Waals surface area (Å²) in [5, 5.41) is 80.9. The average molecular weight is 1080 g/mol. The first kappa shape index (κ1) is 58.3. The van der Waals surface area contributed by atoms with Crippen LogP contribution in [0.1, 0.15) is 74.9 Å². The highest BCUT2D eigenvalue weighted by Gasteiger charge is 2.50. The molecular weight excluding hydrogens is 1020 g/mol. The molecule has 0 amide bonds. The number of aliphatic hydroxyl groups excluding tert-OH is 3. The molecule has 6 aromatic rings. The lowest BCUT2D eigenvalue weighted by atomic mass is 9.93. The topological polar surface area (TPSA) is 265 Å². The summed E-state index contributed by atoms with van der Waals surface area (Å²) >= 11 is 0. The molecule has 1 aliphatic heterocycles. The van der Waals surface area contributed by atoms with E-state index in [0.717, 1.165) is 12.1 Å². The quantitative estimate of drug-likeness (QED) is 0.0213. The standard InChI is InChI=1S/C62H66O17/c1-27(2)19-35-33(15-17-43(73-13)50(35)66)45-25-41(63)47-52(68)39(23-31(9)10)56(40(24-32(11)12)59(47)76-45)78-62-55(71)53(69)54(70)60(79-62)61(72)77-58-38(22-30(7)8)49(65)37(21-29(5)6)57-48(58)42(64)26-46(75-57)34-16-18-44(74-14)51(67)36(34)20-28(3)4/h15-18,25-26,53-55,60,62,65-71H,1,3,5,7,9,11,19-24H2,2,4,6,8,10,12-14H3/t53-,54-,55+,60-,62+/m0/s1. The van der Waals surface area contributed by atoms with E-state index in [1.54, 1.807) is 53.7 Å². The molecule has 2 aromatic heterocycles. The minimum absolute atomic E-state index is 0.0247. The Morgan fingerprint density at radius 1 is 0.506 bits per heavy atom. The van der Waals surface area contributed by atoms with Crippen LogP contribution in [0.2, 0.25) is 0 Å². The van der Waals surface area contributed by atoms with E-state index < -0.39 is 64.8 Å². The van der Waals surface area contributed by atoms with Gasteiger partial charge in [0.15, 0.2) is 45.7 Å². The summed E-state index contributed by atoms with van der Waals surface area (Å²) in [6.45, 7) is 34.2. The van der Waals surface area contributed by atoms with Crippen molar-refractivity contribution in [1.29, 1.82) is 0 Å². The van der Waals surface area contributed by atoms with Crippen LogP contribution in [0.3, 0.4) is 0 Å². The molecule has 0 radical (unpaired) electrons. The molecule has 416 valence electrons. The van der Waals surface area contributed by atoms with Crippen LogP contribution >= 0.6 is 0 Å². The Morgan fingerprint density at radius 2 is 0.911 bits per heavy atom. The predicted molar refractivity (Wildman–Crippen MR) is 300 cm³/mol. The van der Waals surface area contributed by atoms with Gasteiger partial charge in [-0.25, -0.2) is 4.79 Å². The van der Waals surface area contributed by atoms with Crippen LogP contribution in [-0.4, -0.2) is 86.6 Å². The number of carbonyl (C=O) groups excluding carboxylic acids is 1. The van der Waals surface area contributed by atoms with Crippen molar-refractivity contribution in [1.82, 2.24) is 0 Å². The van der Waals surface area contributed by atoms with Gasteiger partial charge in [0.25, 0.3) is 0 Å². The van der Waals surface area contributed by atoms with Crippen LogP contribution in [0.4, 0.5) is 0 Å². The Morgan fingerprint density at radius 3 is 1.37 bits per heavy atom. The number of phenolic OH excluding ortho intramolecular Hbond substituents is 4. The second-order valence-electron chi connectivity index (χ2n) is 20.7. The summed E-state index contributed by atoms with van der Waals surface area (Å²) < 4.78 is 42.3. The number of carbonyl (C=O) groups is 1. The fourth-order valence-corrected chi connectivity index (χ4v) is 9.72. The first-order chi connectivity index (χ1) is 37.2. The molecule has 4 aromatic carbocycles. The van der Waals surface area contributed by atoms with Gasteiger partial charge in [-0.3, -0.25) is 9.59 Å². The van der Waals surface area contributed by atoms with Crippen LogP contribution in [0, 0.1) is 0 Å². The van der Waals surface area contributed by atoms with Crippen molar-refractivity contribution < 1.29 is 73.1 Å². The molecule has 17 nitrogen and oxygen atoms in total. The molecule has 0 bridgehead atoms. The van der Waals surface area contributed by atoms with Gasteiger partial charge in [0.2, 0.25) is 6.29 Å². The molecule has 0 saturated carbocycles. The van der Waals surface area contributed by atoms with Gasteiger partial charge in [-0.2, -0.15) is 0 Å². The summed E-state index contributed by atoms with van der Waals surface area (Å²) in [6, 6.07) is 8.44. The lowest BCUT2D eigenvalue weighted by Gasteiger charge is -2.39. The van der Waals surface area contributed by atoms with E-state index >= 15 is 0 Å². The fourth-order valence-electron chi connectivity index (χ4n) is 9.72. The fraction of sp³-hybridized carbons (Fsp3) is 0.306. The molecule has 7 rings (SSSR count). The maximum absolute atomic E-state index is 14.8. The SMILES string of the molecule is C=C(C)Cc1c(-c2cc(=O)c3c(O)c(CC(=C)C)c(O[C@@H]4O[C@H](C(=O)Oc5c(CC(=C)C)c(O)c(CC(=C)C)c6oc(-c7ccc(OC)c(O)c7CC(=C)C)cc(=O)c56)[C@@H](O)[C@H](O)[C@H]4O)c(CC(=C)C)c3o2)ccc(OC)c1O. The van der Waals surface area contributed by atoms with Crippen molar-refractivity contribution in [2.75, 3.05) is 14.2 Å². The lowest BCUT2D eigenvalue weighted by molar-refractivity contribution is -0.270. The van der Waals surface area contributed by atoms with Crippen LogP contribution in [0.15, 0.2) is 128 Å². The molecule has 1 saturated heterocycles. The number of methoxy groups -OCH3 is 2. The Balaban J connectivity index is 1.40. The minimum atomic E-state index is -2.21. The number of fused-ring (bicyclic) bond motifs is 2. The Kier molecular flexibility index (Phi) is 17.2. The van der Waals surface area contributed by atoms with Crippen molar-refractivity contribution >= 4 is 27.9 Å². The number of hydrogen-bond donors (Lipinski definition) is 7. The van der Waals surface area contributed by atoms with Crippen LogP contribution in [0.5, 0.6) is 46.0 Å². The second kappa shape index (κ2) is 23.3. The lowest BCUT2D eigenvalue weighted by Crippen LogP contribution is -2.61. The summed E-state index contributed by atoms with van der Waals surface area (Å²) in [4.78, 5) is 43.8. The Labute approximate surface area is 456 Å². The second-order valence-corrected chi connectivity index (χ2v) is 20.7. The van der Waals surface area contributed by atoms with Gasteiger partial charge < -0.3 is 68.3 Å². The number of esters is 1. The summed E-state index contributed by atoms with van der Waals surface area (Å²) in [6.07, 6.45) is -10.9. The number of benzene rings is 4. The molecule has 0 unspecified atom stereocenters. The smallest absolute Gasteiger partial charge is 0.343 e. The molecule has 0 spiro atoms. The van der Waals surface area contributed by atoms with E-state index in [0.29, 0.717) is 50.1 Å².